The lowest BCUT2D eigenvalue weighted by atomic mass is 10.1. The summed E-state index contributed by atoms with van der Waals surface area (Å²) in [5, 5.41) is 4.63. The van der Waals surface area contributed by atoms with Gasteiger partial charge in [0.2, 0.25) is 0 Å². The molecule has 2 aromatic rings. The van der Waals surface area contributed by atoms with Gasteiger partial charge in [-0.3, -0.25) is 4.79 Å². The molecule has 3 rings (SSSR count). The van der Waals surface area contributed by atoms with Gasteiger partial charge < -0.3 is 14.8 Å². The van der Waals surface area contributed by atoms with Crippen LogP contribution < -0.4 is 10.1 Å². The Balaban J connectivity index is 1.61. The zero-order valence-electron chi connectivity index (χ0n) is 13.1. The van der Waals surface area contributed by atoms with E-state index >= 15 is 0 Å². The fourth-order valence-corrected chi connectivity index (χ4v) is 3.39. The number of carbonyl (C=O) groups excluding carboxylic acids is 1. The summed E-state index contributed by atoms with van der Waals surface area (Å²) in [5.41, 5.74) is 1.48. The molecule has 1 aromatic heterocycles. The molecule has 4 nitrogen and oxygen atoms in total. The van der Waals surface area contributed by atoms with Gasteiger partial charge in [0.15, 0.2) is 0 Å². The molecule has 1 N–H and O–H groups in total. The van der Waals surface area contributed by atoms with Crippen molar-refractivity contribution in [3.05, 3.63) is 40.6 Å². The van der Waals surface area contributed by atoms with Crippen LogP contribution in [0.2, 0.25) is 0 Å². The van der Waals surface area contributed by atoms with Gasteiger partial charge in [-0.25, -0.2) is 0 Å². The van der Waals surface area contributed by atoms with Gasteiger partial charge in [0, 0.05) is 13.2 Å². The molecule has 1 saturated heterocycles. The fourth-order valence-electron chi connectivity index (χ4n) is 2.55. The summed E-state index contributed by atoms with van der Waals surface area (Å²) in [6, 6.07) is 7.26. The highest BCUT2D eigenvalue weighted by atomic mass is 32.1. The molecule has 0 spiro atoms. The predicted octanol–water partition coefficient (Wildman–Crippen LogP) is 4.22. The molecule has 1 unspecified atom stereocenters. The van der Waals surface area contributed by atoms with E-state index in [1.54, 1.807) is 11.4 Å². The molecular formula is C17H16F3NO3S. The predicted molar refractivity (Wildman–Crippen MR) is 87.7 cm³/mol. The van der Waals surface area contributed by atoms with Crippen LogP contribution in [0, 0.1) is 0 Å². The van der Waals surface area contributed by atoms with Crippen molar-refractivity contribution < 1.29 is 27.4 Å². The number of ether oxygens (including phenoxy) is 2. The van der Waals surface area contributed by atoms with Crippen molar-refractivity contribution in [1.82, 2.24) is 5.32 Å². The molecule has 1 aliphatic heterocycles. The maximum Gasteiger partial charge on any atom is 0.573 e. The van der Waals surface area contributed by atoms with Gasteiger partial charge in [-0.05, 0) is 47.5 Å². The van der Waals surface area contributed by atoms with E-state index in [2.05, 4.69) is 10.1 Å². The van der Waals surface area contributed by atoms with E-state index in [9.17, 15) is 18.0 Å². The van der Waals surface area contributed by atoms with Gasteiger partial charge >= 0.3 is 6.36 Å². The van der Waals surface area contributed by atoms with E-state index in [1.807, 2.05) is 0 Å². The van der Waals surface area contributed by atoms with Crippen LogP contribution in [0.15, 0.2) is 35.7 Å². The summed E-state index contributed by atoms with van der Waals surface area (Å²) in [6.45, 7) is 1.22. The number of benzene rings is 1. The Hall–Kier alpha value is -2.06. The third-order valence-corrected chi connectivity index (χ3v) is 4.69. The van der Waals surface area contributed by atoms with Crippen LogP contribution in [0.4, 0.5) is 13.2 Å². The summed E-state index contributed by atoms with van der Waals surface area (Å²) in [6.07, 6.45) is -2.68. The van der Waals surface area contributed by atoms with Crippen LogP contribution >= 0.6 is 11.3 Å². The Kier molecular flexibility index (Phi) is 5.29. The van der Waals surface area contributed by atoms with E-state index in [0.29, 0.717) is 17.0 Å². The molecule has 1 aromatic carbocycles. The first kappa shape index (κ1) is 17.8. The normalized spacial score (nSPS) is 17.5. The van der Waals surface area contributed by atoms with E-state index in [4.69, 9.17) is 4.74 Å². The SMILES string of the molecule is O=C(NCC1CCCO1)c1cc(-c2ccc(OC(F)(F)F)cc2)cs1. The number of halogens is 3. The van der Waals surface area contributed by atoms with Gasteiger partial charge in [-0.2, -0.15) is 0 Å². The smallest absolute Gasteiger partial charge is 0.406 e. The van der Waals surface area contributed by atoms with Crippen LogP contribution in [0.1, 0.15) is 22.5 Å². The number of hydrogen-bond acceptors (Lipinski definition) is 4. The largest absolute Gasteiger partial charge is 0.573 e. The van der Waals surface area contributed by atoms with E-state index < -0.39 is 6.36 Å². The third kappa shape index (κ3) is 4.96. The lowest BCUT2D eigenvalue weighted by Crippen LogP contribution is -2.31. The molecule has 1 amide bonds. The summed E-state index contributed by atoms with van der Waals surface area (Å²) in [5.74, 6) is -0.454. The first-order valence-electron chi connectivity index (χ1n) is 7.75. The zero-order valence-corrected chi connectivity index (χ0v) is 14.0. The number of amides is 1. The topological polar surface area (TPSA) is 47.6 Å². The Morgan fingerprint density at radius 1 is 1.28 bits per heavy atom. The van der Waals surface area contributed by atoms with Crippen molar-refractivity contribution in [3.8, 4) is 16.9 Å². The number of carbonyl (C=O) groups is 1. The summed E-state index contributed by atoms with van der Waals surface area (Å²) in [7, 11) is 0. The maximum absolute atomic E-state index is 12.2. The first-order chi connectivity index (χ1) is 11.9. The summed E-state index contributed by atoms with van der Waals surface area (Å²) < 4.78 is 45.8. The second-order valence-electron chi connectivity index (χ2n) is 5.62. The Morgan fingerprint density at radius 2 is 2.04 bits per heavy atom. The molecular weight excluding hydrogens is 355 g/mol. The Morgan fingerprint density at radius 3 is 2.68 bits per heavy atom. The minimum Gasteiger partial charge on any atom is -0.406 e. The van der Waals surface area contributed by atoms with Gasteiger partial charge in [-0.15, -0.1) is 24.5 Å². The standard InChI is InChI=1S/C17H16F3NO3S/c18-17(19,20)24-13-5-3-11(4-6-13)12-8-15(25-10-12)16(22)21-9-14-2-1-7-23-14/h3-6,8,10,14H,1-2,7,9H2,(H,21,22). The van der Waals surface area contributed by atoms with Crippen molar-refractivity contribution in [3.63, 3.8) is 0 Å². The van der Waals surface area contributed by atoms with Crippen LogP contribution in [0.25, 0.3) is 11.1 Å². The Labute approximate surface area is 146 Å². The molecule has 134 valence electrons. The zero-order chi connectivity index (χ0) is 17.9. The van der Waals surface area contributed by atoms with Gasteiger partial charge in [0.1, 0.15) is 5.75 Å². The molecule has 0 radical (unpaired) electrons. The molecule has 0 saturated carbocycles. The van der Waals surface area contributed by atoms with Crippen molar-refractivity contribution in [2.75, 3.05) is 13.2 Å². The van der Waals surface area contributed by atoms with Crippen molar-refractivity contribution in [1.29, 1.82) is 0 Å². The monoisotopic (exact) mass is 371 g/mol. The maximum atomic E-state index is 12.2. The molecule has 1 aliphatic rings. The Bertz CT molecular complexity index is 721. The second-order valence-corrected chi connectivity index (χ2v) is 6.53. The quantitative estimate of drug-likeness (QED) is 0.856. The lowest BCUT2D eigenvalue weighted by Gasteiger charge is -2.09. The summed E-state index contributed by atoms with van der Waals surface area (Å²) >= 11 is 1.29. The van der Waals surface area contributed by atoms with Gasteiger partial charge in [0.05, 0.1) is 11.0 Å². The molecule has 8 heteroatoms. The summed E-state index contributed by atoms with van der Waals surface area (Å²) in [4.78, 5) is 12.7. The second kappa shape index (κ2) is 7.45. The van der Waals surface area contributed by atoms with Crippen molar-refractivity contribution in [2.24, 2.45) is 0 Å². The fraction of sp³-hybridized carbons (Fsp3) is 0.353. The molecule has 2 heterocycles. The molecule has 25 heavy (non-hydrogen) atoms. The highest BCUT2D eigenvalue weighted by Gasteiger charge is 2.31. The number of thiophene rings is 1. The van der Waals surface area contributed by atoms with Crippen LogP contribution in [0.3, 0.4) is 0 Å². The minimum atomic E-state index is -4.71. The first-order valence-corrected chi connectivity index (χ1v) is 8.63. The number of hydrogen-bond donors (Lipinski definition) is 1. The highest BCUT2D eigenvalue weighted by molar-refractivity contribution is 7.12. The van der Waals surface area contributed by atoms with Crippen LogP contribution in [0.5, 0.6) is 5.75 Å². The van der Waals surface area contributed by atoms with Crippen molar-refractivity contribution in [2.45, 2.75) is 25.3 Å². The average Bonchev–Trinajstić information content (AvgIpc) is 3.23. The highest BCUT2D eigenvalue weighted by Crippen LogP contribution is 2.29. The van der Waals surface area contributed by atoms with Crippen LogP contribution in [-0.4, -0.2) is 31.5 Å². The van der Waals surface area contributed by atoms with Gasteiger partial charge in [0.25, 0.3) is 5.91 Å². The number of alkyl halides is 3. The molecule has 0 aliphatic carbocycles. The molecule has 1 atom stereocenters. The van der Waals surface area contributed by atoms with E-state index in [-0.39, 0.29) is 17.8 Å². The molecule has 1 fully saturated rings. The number of nitrogens with one attached hydrogen (secondary N) is 1. The van der Waals surface area contributed by atoms with Crippen LogP contribution in [-0.2, 0) is 4.74 Å². The van der Waals surface area contributed by atoms with Crippen molar-refractivity contribution >= 4 is 17.2 Å². The van der Waals surface area contributed by atoms with E-state index in [1.165, 1.54) is 35.6 Å². The number of rotatable bonds is 5. The minimum absolute atomic E-state index is 0.0737. The average molecular weight is 371 g/mol. The third-order valence-electron chi connectivity index (χ3n) is 3.76. The molecule has 0 bridgehead atoms. The van der Waals surface area contributed by atoms with Gasteiger partial charge in [-0.1, -0.05) is 12.1 Å². The lowest BCUT2D eigenvalue weighted by molar-refractivity contribution is -0.274. The van der Waals surface area contributed by atoms with E-state index in [0.717, 1.165) is 25.0 Å².